The zero-order valence-electron chi connectivity index (χ0n) is 8.42. The third-order valence-electron chi connectivity index (χ3n) is 2.38. The van der Waals surface area contributed by atoms with E-state index in [-0.39, 0.29) is 0 Å². The summed E-state index contributed by atoms with van der Waals surface area (Å²) in [5.41, 5.74) is 5.55. The van der Waals surface area contributed by atoms with E-state index in [1.165, 1.54) is 0 Å². The van der Waals surface area contributed by atoms with E-state index in [1.54, 1.807) is 0 Å². The Bertz CT molecular complexity index is 174. The summed E-state index contributed by atoms with van der Waals surface area (Å²) in [7, 11) is 0. The molecule has 0 unspecified atom stereocenters. The van der Waals surface area contributed by atoms with Gasteiger partial charge in [-0.1, -0.05) is 13.8 Å². The third kappa shape index (κ3) is 3.48. The van der Waals surface area contributed by atoms with Gasteiger partial charge in [0.25, 0.3) is 0 Å². The van der Waals surface area contributed by atoms with Crippen LogP contribution >= 0.6 is 12.2 Å². The lowest BCUT2D eigenvalue weighted by atomic mass is 10.0. The molecule has 13 heavy (non-hydrogen) atoms. The maximum atomic E-state index is 5.55. The molecule has 1 saturated heterocycles. The second-order valence-electron chi connectivity index (χ2n) is 3.92. The summed E-state index contributed by atoms with van der Waals surface area (Å²) in [5, 5.41) is 4.07. The van der Waals surface area contributed by atoms with E-state index in [0.29, 0.717) is 17.2 Å². The summed E-state index contributed by atoms with van der Waals surface area (Å²) in [6.07, 6.45) is 2.30. The van der Waals surface area contributed by atoms with Gasteiger partial charge in [-0.15, -0.1) is 0 Å². The Morgan fingerprint density at radius 3 is 2.38 bits per heavy atom. The van der Waals surface area contributed by atoms with Crippen LogP contribution in [0.25, 0.3) is 0 Å². The number of nitrogens with one attached hydrogen (secondary N) is 1. The van der Waals surface area contributed by atoms with Crippen LogP contribution < -0.4 is 11.1 Å². The normalized spacial score (nSPS) is 19.5. The van der Waals surface area contributed by atoms with Gasteiger partial charge in [0.2, 0.25) is 0 Å². The van der Waals surface area contributed by atoms with Crippen LogP contribution in [0, 0.1) is 0 Å². The van der Waals surface area contributed by atoms with Crippen molar-refractivity contribution >= 4 is 17.3 Å². The standard InChI is InChI=1S/C9H19N3S/c1-7(2)11-8-3-5-12(6-4-8)9(10)13/h7-8,11H,3-6H2,1-2H3,(H2,10,13). The summed E-state index contributed by atoms with van der Waals surface area (Å²) in [6, 6.07) is 1.21. The zero-order valence-corrected chi connectivity index (χ0v) is 9.23. The molecule has 0 aromatic rings. The SMILES string of the molecule is CC(C)NC1CCN(C(N)=S)CC1. The Morgan fingerprint density at radius 2 is 2.00 bits per heavy atom. The van der Waals surface area contributed by atoms with Gasteiger partial charge < -0.3 is 16.0 Å². The first-order valence-corrected chi connectivity index (χ1v) is 5.31. The minimum Gasteiger partial charge on any atom is -0.376 e. The minimum absolute atomic E-state index is 0.544. The fraction of sp³-hybridized carbons (Fsp3) is 0.889. The molecule has 0 aromatic carbocycles. The highest BCUT2D eigenvalue weighted by Crippen LogP contribution is 2.10. The summed E-state index contributed by atoms with van der Waals surface area (Å²) in [5.74, 6) is 0. The maximum Gasteiger partial charge on any atom is 0.166 e. The van der Waals surface area contributed by atoms with Crippen molar-refractivity contribution in [2.45, 2.75) is 38.8 Å². The van der Waals surface area contributed by atoms with Gasteiger partial charge in [-0.3, -0.25) is 0 Å². The van der Waals surface area contributed by atoms with Crippen molar-refractivity contribution in [3.63, 3.8) is 0 Å². The second-order valence-corrected chi connectivity index (χ2v) is 4.34. The first kappa shape index (κ1) is 10.7. The van der Waals surface area contributed by atoms with Gasteiger partial charge in [0.15, 0.2) is 5.11 Å². The molecule has 0 radical (unpaired) electrons. The van der Waals surface area contributed by atoms with Crippen LogP contribution in [0.15, 0.2) is 0 Å². The average molecular weight is 201 g/mol. The number of piperidine rings is 1. The first-order chi connectivity index (χ1) is 6.09. The molecule has 0 amide bonds. The van der Waals surface area contributed by atoms with Gasteiger partial charge in [0.05, 0.1) is 0 Å². The Hall–Kier alpha value is -0.350. The van der Waals surface area contributed by atoms with Gasteiger partial charge in [-0.25, -0.2) is 0 Å². The summed E-state index contributed by atoms with van der Waals surface area (Å²) in [6.45, 7) is 6.36. The minimum atomic E-state index is 0.544. The predicted molar refractivity (Wildman–Crippen MR) is 59.7 cm³/mol. The van der Waals surface area contributed by atoms with Crippen molar-refractivity contribution < 1.29 is 0 Å². The van der Waals surface area contributed by atoms with Crippen LogP contribution in [0.5, 0.6) is 0 Å². The second kappa shape index (κ2) is 4.77. The highest BCUT2D eigenvalue weighted by molar-refractivity contribution is 7.80. The van der Waals surface area contributed by atoms with Crippen LogP contribution in [-0.2, 0) is 0 Å². The number of nitrogens with zero attached hydrogens (tertiary/aromatic N) is 1. The molecule has 3 N–H and O–H groups in total. The molecule has 0 aliphatic carbocycles. The van der Waals surface area contributed by atoms with E-state index in [0.717, 1.165) is 25.9 Å². The third-order valence-corrected chi connectivity index (χ3v) is 2.63. The van der Waals surface area contributed by atoms with E-state index in [9.17, 15) is 0 Å². The molecule has 0 aromatic heterocycles. The molecule has 0 spiro atoms. The topological polar surface area (TPSA) is 41.3 Å². The highest BCUT2D eigenvalue weighted by atomic mass is 32.1. The van der Waals surface area contributed by atoms with Gasteiger partial charge >= 0.3 is 0 Å². The number of likely N-dealkylation sites (tertiary alicyclic amines) is 1. The molecule has 1 aliphatic heterocycles. The van der Waals surface area contributed by atoms with E-state index >= 15 is 0 Å². The van der Waals surface area contributed by atoms with Crippen molar-refractivity contribution in [3.8, 4) is 0 Å². The maximum absolute atomic E-state index is 5.55. The van der Waals surface area contributed by atoms with Crippen LogP contribution in [0.4, 0.5) is 0 Å². The molecule has 0 atom stereocenters. The number of hydrogen-bond acceptors (Lipinski definition) is 2. The van der Waals surface area contributed by atoms with Crippen molar-refractivity contribution in [2.24, 2.45) is 5.73 Å². The smallest absolute Gasteiger partial charge is 0.166 e. The van der Waals surface area contributed by atoms with Gasteiger partial charge in [0.1, 0.15) is 0 Å². The fourth-order valence-corrected chi connectivity index (χ4v) is 1.92. The number of nitrogens with two attached hydrogens (primary N) is 1. The summed E-state index contributed by atoms with van der Waals surface area (Å²) in [4.78, 5) is 2.08. The van der Waals surface area contributed by atoms with Gasteiger partial charge in [0, 0.05) is 25.2 Å². The van der Waals surface area contributed by atoms with Crippen molar-refractivity contribution in [3.05, 3.63) is 0 Å². The van der Waals surface area contributed by atoms with Crippen LogP contribution in [0.2, 0.25) is 0 Å². The molecule has 1 rings (SSSR count). The van der Waals surface area contributed by atoms with Crippen molar-refractivity contribution in [1.82, 2.24) is 10.2 Å². The molecule has 4 heteroatoms. The Balaban J connectivity index is 2.26. The monoisotopic (exact) mass is 201 g/mol. The summed E-state index contributed by atoms with van der Waals surface area (Å²) < 4.78 is 0. The van der Waals surface area contributed by atoms with E-state index in [2.05, 4.69) is 24.1 Å². The average Bonchev–Trinajstić information content (AvgIpc) is 2.04. The highest BCUT2D eigenvalue weighted by Gasteiger charge is 2.19. The molecule has 1 aliphatic rings. The molecule has 0 saturated carbocycles. The molecular weight excluding hydrogens is 182 g/mol. The largest absolute Gasteiger partial charge is 0.376 e. The van der Waals surface area contributed by atoms with Crippen molar-refractivity contribution in [2.75, 3.05) is 13.1 Å². The molecule has 0 bridgehead atoms. The van der Waals surface area contributed by atoms with Gasteiger partial charge in [-0.2, -0.15) is 0 Å². The number of hydrogen-bond donors (Lipinski definition) is 2. The fourth-order valence-electron chi connectivity index (χ4n) is 1.74. The molecule has 1 fully saturated rings. The van der Waals surface area contributed by atoms with E-state index in [1.807, 2.05) is 0 Å². The van der Waals surface area contributed by atoms with E-state index < -0.39 is 0 Å². The predicted octanol–water partition coefficient (Wildman–Crippen LogP) is 0.692. The van der Waals surface area contributed by atoms with Crippen LogP contribution in [-0.4, -0.2) is 35.2 Å². The number of rotatable bonds is 2. The molecule has 3 nitrogen and oxygen atoms in total. The molecule has 1 heterocycles. The lowest BCUT2D eigenvalue weighted by molar-refractivity contribution is 0.274. The Kier molecular flexibility index (Phi) is 3.93. The van der Waals surface area contributed by atoms with Gasteiger partial charge in [-0.05, 0) is 25.1 Å². The lowest BCUT2D eigenvalue weighted by Crippen LogP contribution is -2.48. The van der Waals surface area contributed by atoms with Crippen molar-refractivity contribution in [1.29, 1.82) is 0 Å². The zero-order chi connectivity index (χ0) is 9.84. The first-order valence-electron chi connectivity index (χ1n) is 4.90. The summed E-state index contributed by atoms with van der Waals surface area (Å²) >= 11 is 4.93. The Morgan fingerprint density at radius 1 is 1.46 bits per heavy atom. The lowest BCUT2D eigenvalue weighted by Gasteiger charge is -2.33. The van der Waals surface area contributed by atoms with Crippen LogP contribution in [0.1, 0.15) is 26.7 Å². The molecular formula is C9H19N3S. The quantitative estimate of drug-likeness (QED) is 0.645. The van der Waals surface area contributed by atoms with Crippen LogP contribution in [0.3, 0.4) is 0 Å². The Labute approximate surface area is 85.7 Å². The number of thiocarbonyl (C=S) groups is 1. The van der Waals surface area contributed by atoms with E-state index in [4.69, 9.17) is 18.0 Å². The molecule has 76 valence electrons.